The summed E-state index contributed by atoms with van der Waals surface area (Å²) in [5.41, 5.74) is 9.56. The third kappa shape index (κ3) is 4.11. The second-order valence-electron chi connectivity index (χ2n) is 8.26. The van der Waals surface area contributed by atoms with Gasteiger partial charge in [0.2, 0.25) is 12.7 Å². The van der Waals surface area contributed by atoms with Crippen LogP contribution in [0.5, 0.6) is 11.5 Å². The predicted molar refractivity (Wildman–Crippen MR) is 120 cm³/mol. The van der Waals surface area contributed by atoms with Crippen molar-refractivity contribution in [3.63, 3.8) is 0 Å². The van der Waals surface area contributed by atoms with Crippen molar-refractivity contribution in [2.24, 2.45) is 5.73 Å². The van der Waals surface area contributed by atoms with Crippen molar-refractivity contribution in [1.82, 2.24) is 15.2 Å². The lowest BCUT2D eigenvalue weighted by atomic mass is 10.0. The molecular weight excluding hydrogens is 392 g/mol. The van der Waals surface area contributed by atoms with Crippen molar-refractivity contribution < 1.29 is 14.3 Å². The normalized spacial score (nSPS) is 18.5. The molecule has 0 radical (unpaired) electrons. The number of nitrogens with two attached hydrogens (primary N) is 1. The van der Waals surface area contributed by atoms with Crippen LogP contribution in [-0.4, -0.2) is 48.8 Å². The maximum atomic E-state index is 11.5. The second-order valence-corrected chi connectivity index (χ2v) is 8.26. The minimum atomic E-state index is -0.387. The zero-order chi connectivity index (χ0) is 21.2. The zero-order valence-corrected chi connectivity index (χ0v) is 17.5. The van der Waals surface area contributed by atoms with Crippen LogP contribution < -0.4 is 20.5 Å². The van der Waals surface area contributed by atoms with Crippen LogP contribution in [0.15, 0.2) is 42.6 Å². The van der Waals surface area contributed by atoms with Crippen LogP contribution in [0.2, 0.25) is 0 Å². The molecule has 2 aliphatic heterocycles. The summed E-state index contributed by atoms with van der Waals surface area (Å²) in [4.78, 5) is 17.4. The van der Waals surface area contributed by atoms with Gasteiger partial charge in [0.25, 0.3) is 0 Å². The summed E-state index contributed by atoms with van der Waals surface area (Å²) in [6.45, 7) is 4.35. The molecule has 1 amide bonds. The fourth-order valence-corrected chi connectivity index (χ4v) is 4.63. The summed E-state index contributed by atoms with van der Waals surface area (Å²) in [6, 6.07) is 12.2. The summed E-state index contributed by atoms with van der Waals surface area (Å²) in [5.74, 6) is 1.29. The fraction of sp³-hybridized carbons (Fsp3) is 0.375. The number of aromatic amines is 1. The second kappa shape index (κ2) is 8.61. The van der Waals surface area contributed by atoms with E-state index >= 15 is 0 Å². The number of hydrogen-bond donors (Lipinski definition) is 3. The van der Waals surface area contributed by atoms with E-state index < -0.39 is 0 Å². The van der Waals surface area contributed by atoms with Gasteiger partial charge in [0.1, 0.15) is 0 Å². The summed E-state index contributed by atoms with van der Waals surface area (Å²) in [7, 11) is 0. The number of ether oxygens (including phenoxy) is 2. The van der Waals surface area contributed by atoms with E-state index in [0.717, 1.165) is 67.8 Å². The van der Waals surface area contributed by atoms with Crippen molar-refractivity contribution >= 4 is 16.8 Å². The number of unbranched alkanes of at least 4 members (excludes halogenated alkanes) is 1. The summed E-state index contributed by atoms with van der Waals surface area (Å²) >= 11 is 0. The molecule has 3 heterocycles. The molecule has 7 nitrogen and oxygen atoms in total. The number of nitrogens with one attached hydrogen (secondary N) is 2. The van der Waals surface area contributed by atoms with E-state index in [0.29, 0.717) is 18.4 Å². The number of nitrogens with zero attached hydrogens (tertiary/aromatic N) is 1. The molecule has 1 unspecified atom stereocenters. The first-order valence-electron chi connectivity index (χ1n) is 10.9. The van der Waals surface area contributed by atoms with Gasteiger partial charge in [-0.3, -0.25) is 9.69 Å². The first-order chi connectivity index (χ1) is 15.2. The largest absolute Gasteiger partial charge is 0.454 e. The molecule has 0 saturated carbocycles. The summed E-state index contributed by atoms with van der Waals surface area (Å²) < 4.78 is 11.0. The molecule has 162 valence electrons. The number of hydrogen-bond acceptors (Lipinski definition) is 5. The van der Waals surface area contributed by atoms with E-state index in [4.69, 9.17) is 15.2 Å². The molecule has 2 aromatic carbocycles. The van der Waals surface area contributed by atoms with Gasteiger partial charge in [0.05, 0.1) is 0 Å². The number of H-pyrrole nitrogens is 1. The van der Waals surface area contributed by atoms with Crippen molar-refractivity contribution in [2.45, 2.75) is 25.3 Å². The first kappa shape index (κ1) is 19.9. The number of fused-ring (bicyclic) bond motifs is 2. The van der Waals surface area contributed by atoms with Crippen molar-refractivity contribution in [1.29, 1.82) is 0 Å². The number of piperazine rings is 1. The molecule has 7 heteroatoms. The Morgan fingerprint density at radius 3 is 2.94 bits per heavy atom. The molecule has 5 rings (SSSR count). The number of carbonyl (C=O) groups excluding carboxylic acids is 1. The molecule has 0 spiro atoms. The Kier molecular flexibility index (Phi) is 5.53. The standard InChI is InChI=1S/C24H28N4O3/c25-24(29)17-4-6-20-19(11-17)18(13-27-20)3-1-2-9-28-10-8-26-14-21(28)16-5-7-22-23(12-16)31-15-30-22/h4-7,11-13,21,26-27H,1-3,8-10,14-15H2,(H2,25,29). The Hall–Kier alpha value is -3.03. The highest BCUT2D eigenvalue weighted by atomic mass is 16.7. The Morgan fingerprint density at radius 1 is 1.13 bits per heavy atom. The average Bonchev–Trinajstić information content (AvgIpc) is 3.43. The highest BCUT2D eigenvalue weighted by molar-refractivity contribution is 5.97. The van der Waals surface area contributed by atoms with Crippen LogP contribution in [0.3, 0.4) is 0 Å². The molecule has 0 aliphatic carbocycles. The maximum Gasteiger partial charge on any atom is 0.248 e. The van der Waals surface area contributed by atoms with E-state index in [1.54, 1.807) is 6.07 Å². The highest BCUT2D eigenvalue weighted by Crippen LogP contribution is 2.35. The number of aromatic nitrogens is 1. The lowest BCUT2D eigenvalue weighted by Crippen LogP contribution is -2.46. The molecule has 3 aromatic rings. The number of rotatable bonds is 7. The van der Waals surface area contributed by atoms with Crippen LogP contribution >= 0.6 is 0 Å². The highest BCUT2D eigenvalue weighted by Gasteiger charge is 2.25. The van der Waals surface area contributed by atoms with Crippen LogP contribution in [-0.2, 0) is 6.42 Å². The van der Waals surface area contributed by atoms with Crippen molar-refractivity contribution in [2.75, 3.05) is 33.0 Å². The van der Waals surface area contributed by atoms with Gasteiger partial charge in [0.15, 0.2) is 11.5 Å². The SMILES string of the molecule is NC(=O)c1ccc2[nH]cc(CCCCN3CCNCC3c3ccc4c(c3)OCO4)c2c1. The van der Waals surface area contributed by atoms with Crippen LogP contribution in [0.25, 0.3) is 10.9 Å². The van der Waals surface area contributed by atoms with Gasteiger partial charge in [-0.2, -0.15) is 0 Å². The third-order valence-corrected chi connectivity index (χ3v) is 6.33. The molecule has 1 saturated heterocycles. The van der Waals surface area contributed by atoms with Crippen LogP contribution in [0.4, 0.5) is 0 Å². The zero-order valence-electron chi connectivity index (χ0n) is 17.5. The maximum absolute atomic E-state index is 11.5. The Morgan fingerprint density at radius 2 is 2.03 bits per heavy atom. The fourth-order valence-electron chi connectivity index (χ4n) is 4.63. The molecule has 31 heavy (non-hydrogen) atoms. The summed E-state index contributed by atoms with van der Waals surface area (Å²) in [6.07, 6.45) is 5.23. The van der Waals surface area contributed by atoms with Gasteiger partial charge in [-0.05, 0) is 67.3 Å². The van der Waals surface area contributed by atoms with Gasteiger partial charge < -0.3 is 25.5 Å². The average molecular weight is 421 g/mol. The van der Waals surface area contributed by atoms with E-state index in [-0.39, 0.29) is 5.91 Å². The van der Waals surface area contributed by atoms with Crippen LogP contribution in [0.1, 0.15) is 40.4 Å². The Labute approximate surface area is 181 Å². The Bertz CT molecular complexity index is 1090. The molecule has 2 aliphatic rings. The topological polar surface area (TPSA) is 92.6 Å². The smallest absolute Gasteiger partial charge is 0.248 e. The molecule has 1 atom stereocenters. The van der Waals surface area contributed by atoms with Gasteiger partial charge in [-0.1, -0.05) is 6.07 Å². The minimum absolute atomic E-state index is 0.306. The molecule has 0 bridgehead atoms. The number of benzene rings is 2. The lowest BCUT2D eigenvalue weighted by Gasteiger charge is -2.36. The monoisotopic (exact) mass is 420 g/mol. The van der Waals surface area contributed by atoms with Gasteiger partial charge in [0, 0.05) is 48.3 Å². The van der Waals surface area contributed by atoms with Crippen LogP contribution in [0, 0.1) is 0 Å². The van der Waals surface area contributed by atoms with Gasteiger partial charge in [-0.15, -0.1) is 0 Å². The first-order valence-corrected chi connectivity index (χ1v) is 10.9. The molecular formula is C24H28N4O3. The predicted octanol–water partition coefficient (Wildman–Crippen LogP) is 2.96. The van der Waals surface area contributed by atoms with E-state index in [2.05, 4.69) is 33.5 Å². The van der Waals surface area contributed by atoms with E-state index in [1.165, 1.54) is 11.1 Å². The van der Waals surface area contributed by atoms with Crippen molar-refractivity contribution in [3.8, 4) is 11.5 Å². The summed E-state index contributed by atoms with van der Waals surface area (Å²) in [5, 5.41) is 4.62. The minimum Gasteiger partial charge on any atom is -0.454 e. The molecule has 1 aromatic heterocycles. The van der Waals surface area contributed by atoms with E-state index in [9.17, 15) is 4.79 Å². The number of amides is 1. The number of primary amides is 1. The molecule has 4 N–H and O–H groups in total. The number of carbonyl (C=O) groups is 1. The lowest BCUT2D eigenvalue weighted by molar-refractivity contribution is 0.100. The Balaban J connectivity index is 1.21. The quantitative estimate of drug-likeness (QED) is 0.511. The van der Waals surface area contributed by atoms with Gasteiger partial charge in [-0.25, -0.2) is 0 Å². The van der Waals surface area contributed by atoms with Crippen molar-refractivity contribution in [3.05, 3.63) is 59.3 Å². The van der Waals surface area contributed by atoms with E-state index in [1.807, 2.05) is 18.2 Å². The molecule has 1 fully saturated rings. The number of aryl methyl sites for hydroxylation is 1. The van der Waals surface area contributed by atoms with Gasteiger partial charge >= 0.3 is 0 Å². The third-order valence-electron chi connectivity index (χ3n) is 6.33.